The molecule has 0 aromatic heterocycles. The van der Waals surface area contributed by atoms with Crippen LogP contribution in [0.15, 0.2) is 24.3 Å². The number of rotatable bonds is 5. The molecule has 0 aliphatic carbocycles. The maximum atomic E-state index is 3.71. The average molecular weight is 260 g/mol. The molecule has 2 rings (SSSR count). The summed E-state index contributed by atoms with van der Waals surface area (Å²) in [5.41, 5.74) is 2.83. The monoisotopic (exact) mass is 260 g/mol. The van der Waals surface area contributed by atoms with Gasteiger partial charge in [-0.15, -0.1) is 0 Å². The molecule has 0 spiro atoms. The molecule has 1 aliphatic heterocycles. The Balaban J connectivity index is 1.74. The molecule has 0 radical (unpaired) electrons. The summed E-state index contributed by atoms with van der Waals surface area (Å²) in [5, 5.41) is 3.71. The Bertz CT molecular complexity index is 361. The molecule has 0 amide bonds. The van der Waals surface area contributed by atoms with Gasteiger partial charge in [-0.2, -0.15) is 0 Å². The Labute approximate surface area is 118 Å². The first-order valence-electron chi connectivity index (χ1n) is 7.74. The molecular weight excluding hydrogens is 232 g/mol. The molecule has 2 nitrogen and oxygen atoms in total. The van der Waals surface area contributed by atoms with Gasteiger partial charge in [-0.25, -0.2) is 0 Å². The summed E-state index contributed by atoms with van der Waals surface area (Å²) in [6.07, 6.45) is 3.69. The summed E-state index contributed by atoms with van der Waals surface area (Å²) in [7, 11) is 0. The lowest BCUT2D eigenvalue weighted by molar-refractivity contribution is 0.161. The molecule has 0 unspecified atom stereocenters. The van der Waals surface area contributed by atoms with Crippen molar-refractivity contribution in [2.24, 2.45) is 0 Å². The Kier molecular flexibility index (Phi) is 5.41. The molecule has 1 saturated heterocycles. The van der Waals surface area contributed by atoms with E-state index in [1.807, 2.05) is 0 Å². The van der Waals surface area contributed by atoms with Crippen molar-refractivity contribution in [3.63, 3.8) is 0 Å². The maximum absolute atomic E-state index is 3.71. The summed E-state index contributed by atoms with van der Waals surface area (Å²) < 4.78 is 0. The number of likely N-dealkylation sites (tertiary alicyclic amines) is 1. The van der Waals surface area contributed by atoms with Gasteiger partial charge in [-0.05, 0) is 57.3 Å². The third-order valence-corrected chi connectivity index (χ3v) is 4.29. The number of aryl methyl sites for hydroxylation is 1. The molecule has 2 heteroatoms. The first kappa shape index (κ1) is 14.5. The Morgan fingerprint density at radius 1 is 1.11 bits per heavy atom. The van der Waals surface area contributed by atoms with Crippen molar-refractivity contribution in [3.05, 3.63) is 35.4 Å². The second-order valence-corrected chi connectivity index (χ2v) is 5.95. The topological polar surface area (TPSA) is 15.3 Å². The molecule has 1 heterocycles. The van der Waals surface area contributed by atoms with Gasteiger partial charge in [0.25, 0.3) is 0 Å². The standard InChI is InChI=1S/C17H28N2/c1-4-15-5-7-16(8-6-15)13-18-17-9-11-19(12-10-17)14(2)3/h5-8,14,17-18H,4,9-13H2,1-3H3. The predicted octanol–water partition coefficient (Wildman–Crippen LogP) is 3.21. The Hall–Kier alpha value is -0.860. The molecule has 1 aliphatic rings. The van der Waals surface area contributed by atoms with E-state index in [1.54, 1.807) is 0 Å². The predicted molar refractivity (Wildman–Crippen MR) is 82.4 cm³/mol. The zero-order chi connectivity index (χ0) is 13.7. The van der Waals surface area contributed by atoms with Crippen molar-refractivity contribution in [2.75, 3.05) is 13.1 Å². The van der Waals surface area contributed by atoms with E-state index in [1.165, 1.54) is 37.1 Å². The van der Waals surface area contributed by atoms with Crippen molar-refractivity contribution < 1.29 is 0 Å². The van der Waals surface area contributed by atoms with Crippen molar-refractivity contribution in [1.82, 2.24) is 10.2 Å². The molecule has 0 atom stereocenters. The zero-order valence-corrected chi connectivity index (χ0v) is 12.7. The minimum atomic E-state index is 0.695. The second-order valence-electron chi connectivity index (χ2n) is 5.95. The lowest BCUT2D eigenvalue weighted by Gasteiger charge is -2.35. The SMILES string of the molecule is CCc1ccc(CNC2CCN(C(C)C)CC2)cc1. The summed E-state index contributed by atoms with van der Waals surface area (Å²) in [6, 6.07) is 10.4. The van der Waals surface area contributed by atoms with Crippen molar-refractivity contribution in [2.45, 2.75) is 58.7 Å². The van der Waals surface area contributed by atoms with Crippen LogP contribution in [0.4, 0.5) is 0 Å². The van der Waals surface area contributed by atoms with Crippen LogP contribution in [-0.4, -0.2) is 30.1 Å². The second kappa shape index (κ2) is 7.06. The molecule has 106 valence electrons. The first-order valence-corrected chi connectivity index (χ1v) is 7.74. The molecule has 0 bridgehead atoms. The van der Waals surface area contributed by atoms with Crippen LogP contribution in [0.2, 0.25) is 0 Å². The zero-order valence-electron chi connectivity index (χ0n) is 12.7. The van der Waals surface area contributed by atoms with E-state index in [4.69, 9.17) is 0 Å². The fourth-order valence-electron chi connectivity index (χ4n) is 2.77. The highest BCUT2D eigenvalue weighted by molar-refractivity contribution is 5.22. The van der Waals surface area contributed by atoms with Gasteiger partial charge in [0.15, 0.2) is 0 Å². The van der Waals surface area contributed by atoms with Crippen LogP contribution in [-0.2, 0) is 13.0 Å². The largest absolute Gasteiger partial charge is 0.310 e. The van der Waals surface area contributed by atoms with Crippen LogP contribution in [0.1, 0.15) is 44.7 Å². The van der Waals surface area contributed by atoms with Crippen molar-refractivity contribution in [1.29, 1.82) is 0 Å². The first-order chi connectivity index (χ1) is 9.19. The van der Waals surface area contributed by atoms with Crippen LogP contribution < -0.4 is 5.32 Å². The smallest absolute Gasteiger partial charge is 0.0208 e. The fraction of sp³-hybridized carbons (Fsp3) is 0.647. The third kappa shape index (κ3) is 4.32. The Morgan fingerprint density at radius 3 is 2.21 bits per heavy atom. The molecule has 1 fully saturated rings. The number of hydrogen-bond acceptors (Lipinski definition) is 2. The number of hydrogen-bond donors (Lipinski definition) is 1. The fourth-order valence-corrected chi connectivity index (χ4v) is 2.77. The van der Waals surface area contributed by atoms with Gasteiger partial charge in [-0.1, -0.05) is 31.2 Å². The van der Waals surface area contributed by atoms with Gasteiger partial charge in [0.2, 0.25) is 0 Å². The number of nitrogens with one attached hydrogen (secondary N) is 1. The average Bonchev–Trinajstić information content (AvgIpc) is 2.46. The minimum Gasteiger partial charge on any atom is -0.310 e. The van der Waals surface area contributed by atoms with Crippen molar-refractivity contribution in [3.8, 4) is 0 Å². The van der Waals surface area contributed by atoms with E-state index in [0.717, 1.165) is 13.0 Å². The highest BCUT2D eigenvalue weighted by atomic mass is 15.2. The van der Waals surface area contributed by atoms with E-state index >= 15 is 0 Å². The molecule has 1 N–H and O–H groups in total. The summed E-state index contributed by atoms with van der Waals surface area (Å²) in [6.45, 7) is 10.3. The summed E-state index contributed by atoms with van der Waals surface area (Å²) in [5.74, 6) is 0. The number of nitrogens with zero attached hydrogens (tertiary/aromatic N) is 1. The van der Waals surface area contributed by atoms with Crippen LogP contribution in [0.25, 0.3) is 0 Å². The third-order valence-electron chi connectivity index (χ3n) is 4.29. The van der Waals surface area contributed by atoms with Gasteiger partial charge in [0.05, 0.1) is 0 Å². The van der Waals surface area contributed by atoms with E-state index in [2.05, 4.69) is 55.3 Å². The van der Waals surface area contributed by atoms with Crippen LogP contribution in [0.3, 0.4) is 0 Å². The van der Waals surface area contributed by atoms with Crippen LogP contribution in [0.5, 0.6) is 0 Å². The maximum Gasteiger partial charge on any atom is 0.0208 e. The van der Waals surface area contributed by atoms with E-state index < -0.39 is 0 Å². The van der Waals surface area contributed by atoms with Gasteiger partial charge in [0.1, 0.15) is 0 Å². The number of piperidine rings is 1. The molecular formula is C17H28N2. The van der Waals surface area contributed by atoms with Gasteiger partial charge >= 0.3 is 0 Å². The minimum absolute atomic E-state index is 0.695. The van der Waals surface area contributed by atoms with E-state index in [9.17, 15) is 0 Å². The van der Waals surface area contributed by atoms with E-state index in [-0.39, 0.29) is 0 Å². The summed E-state index contributed by atoms with van der Waals surface area (Å²) >= 11 is 0. The quantitative estimate of drug-likeness (QED) is 0.874. The van der Waals surface area contributed by atoms with Crippen LogP contribution in [0, 0.1) is 0 Å². The van der Waals surface area contributed by atoms with Gasteiger partial charge in [0, 0.05) is 18.6 Å². The van der Waals surface area contributed by atoms with E-state index in [0.29, 0.717) is 12.1 Å². The van der Waals surface area contributed by atoms with Gasteiger partial charge < -0.3 is 10.2 Å². The Morgan fingerprint density at radius 2 is 1.68 bits per heavy atom. The van der Waals surface area contributed by atoms with Crippen LogP contribution >= 0.6 is 0 Å². The molecule has 1 aromatic rings. The highest BCUT2D eigenvalue weighted by Gasteiger charge is 2.19. The molecule has 1 aromatic carbocycles. The normalized spacial score (nSPS) is 18.1. The highest BCUT2D eigenvalue weighted by Crippen LogP contribution is 2.13. The molecule has 19 heavy (non-hydrogen) atoms. The number of benzene rings is 1. The lowest BCUT2D eigenvalue weighted by Crippen LogP contribution is -2.44. The van der Waals surface area contributed by atoms with Gasteiger partial charge in [-0.3, -0.25) is 0 Å². The molecule has 0 saturated carbocycles. The summed E-state index contributed by atoms with van der Waals surface area (Å²) in [4.78, 5) is 2.58. The van der Waals surface area contributed by atoms with Crippen molar-refractivity contribution >= 4 is 0 Å². The lowest BCUT2D eigenvalue weighted by atomic mass is 10.0.